The summed E-state index contributed by atoms with van der Waals surface area (Å²) in [6.45, 7) is 3.12. The van der Waals surface area contributed by atoms with Crippen LogP contribution in [0, 0.1) is 0 Å². The maximum atomic E-state index is 9.93. The van der Waals surface area contributed by atoms with Crippen LogP contribution in [-0.2, 0) is 11.3 Å². The number of fused-ring (bicyclic) bond motifs is 1. The molecule has 0 aliphatic carbocycles. The minimum absolute atomic E-state index is 0.238. The molecular weight excluding hydrogens is 292 g/mol. The fraction of sp³-hybridized carbons (Fsp3) is 0.556. The van der Waals surface area contributed by atoms with Crippen LogP contribution in [0.4, 0.5) is 0 Å². The summed E-state index contributed by atoms with van der Waals surface area (Å²) in [4.78, 5) is 5.70. The van der Waals surface area contributed by atoms with Crippen LogP contribution in [0.5, 0.6) is 0 Å². The van der Waals surface area contributed by atoms with Gasteiger partial charge in [-0.2, -0.15) is 0 Å². The van der Waals surface area contributed by atoms with E-state index in [0.717, 1.165) is 32.5 Å². The van der Waals surface area contributed by atoms with Gasteiger partial charge in [0, 0.05) is 37.8 Å². The molecule has 3 heterocycles. The van der Waals surface area contributed by atoms with Gasteiger partial charge in [-0.05, 0) is 35.9 Å². The first-order chi connectivity index (χ1) is 11.1. The number of aliphatic hydroxyl groups is 2. The molecule has 2 aromatic rings. The summed E-state index contributed by atoms with van der Waals surface area (Å²) in [5.74, 6) is 0. The van der Waals surface area contributed by atoms with Crippen LogP contribution in [0.15, 0.2) is 30.5 Å². The average Bonchev–Trinajstić information content (AvgIpc) is 3.02. The summed E-state index contributed by atoms with van der Waals surface area (Å²) < 4.78 is 5.89. The SMILES string of the molecule is O[C@@H]1CC2(CCN(Cc3ccc4cc[nH]c4c3)CC2)OC[C@@H]1O. The molecule has 1 spiro atoms. The summed E-state index contributed by atoms with van der Waals surface area (Å²) in [6.07, 6.45) is 2.98. The van der Waals surface area contributed by atoms with E-state index in [1.807, 2.05) is 6.20 Å². The number of aliphatic hydroxyl groups excluding tert-OH is 2. The van der Waals surface area contributed by atoms with Crippen LogP contribution in [0.1, 0.15) is 24.8 Å². The standard InChI is InChI=1S/C18H24N2O3/c21-16-10-18(23-12-17(16)22)4-7-20(8-5-18)11-13-1-2-14-3-6-19-15(14)9-13/h1-3,6,9,16-17,19,21-22H,4-5,7-8,10-12H2/t16-,17+/m1/s1. The van der Waals surface area contributed by atoms with E-state index in [1.165, 1.54) is 16.5 Å². The lowest BCUT2D eigenvalue weighted by atomic mass is 9.82. The van der Waals surface area contributed by atoms with Gasteiger partial charge in [-0.3, -0.25) is 4.90 Å². The normalized spacial score (nSPS) is 28.4. The van der Waals surface area contributed by atoms with E-state index in [4.69, 9.17) is 4.74 Å². The fourth-order valence-electron chi connectivity index (χ4n) is 3.87. The highest BCUT2D eigenvalue weighted by Crippen LogP contribution is 2.35. The molecule has 2 saturated heterocycles. The second-order valence-electron chi connectivity index (χ2n) is 7.01. The van der Waals surface area contributed by atoms with Crippen LogP contribution in [0.3, 0.4) is 0 Å². The zero-order chi connectivity index (χ0) is 15.9. The lowest BCUT2D eigenvalue weighted by Crippen LogP contribution is -2.54. The van der Waals surface area contributed by atoms with Crippen molar-refractivity contribution in [1.29, 1.82) is 0 Å². The molecule has 0 saturated carbocycles. The highest BCUT2D eigenvalue weighted by Gasteiger charge is 2.42. The molecule has 3 N–H and O–H groups in total. The number of hydrogen-bond donors (Lipinski definition) is 3. The quantitative estimate of drug-likeness (QED) is 0.788. The van der Waals surface area contributed by atoms with E-state index < -0.39 is 12.2 Å². The molecule has 124 valence electrons. The van der Waals surface area contributed by atoms with Crippen molar-refractivity contribution in [2.24, 2.45) is 0 Å². The number of rotatable bonds is 2. The van der Waals surface area contributed by atoms with Gasteiger partial charge in [0.2, 0.25) is 0 Å². The van der Waals surface area contributed by atoms with E-state index in [0.29, 0.717) is 6.42 Å². The fourth-order valence-corrected chi connectivity index (χ4v) is 3.87. The Hall–Kier alpha value is -1.40. The zero-order valence-electron chi connectivity index (χ0n) is 13.2. The maximum Gasteiger partial charge on any atom is 0.103 e. The number of ether oxygens (including phenoxy) is 1. The van der Waals surface area contributed by atoms with Gasteiger partial charge >= 0.3 is 0 Å². The second-order valence-corrected chi connectivity index (χ2v) is 7.01. The van der Waals surface area contributed by atoms with Crippen LogP contribution >= 0.6 is 0 Å². The minimum Gasteiger partial charge on any atom is -0.390 e. The number of H-pyrrole nitrogens is 1. The van der Waals surface area contributed by atoms with Gasteiger partial charge < -0.3 is 19.9 Å². The number of aromatic amines is 1. The Morgan fingerprint density at radius 1 is 1.17 bits per heavy atom. The van der Waals surface area contributed by atoms with Crippen molar-refractivity contribution in [3.63, 3.8) is 0 Å². The van der Waals surface area contributed by atoms with Crippen molar-refractivity contribution in [2.75, 3.05) is 19.7 Å². The highest BCUT2D eigenvalue weighted by molar-refractivity contribution is 5.79. The monoisotopic (exact) mass is 316 g/mol. The van der Waals surface area contributed by atoms with Crippen LogP contribution in [0.25, 0.3) is 10.9 Å². The zero-order valence-corrected chi connectivity index (χ0v) is 13.2. The van der Waals surface area contributed by atoms with Gasteiger partial charge in [-0.15, -0.1) is 0 Å². The Bertz CT molecular complexity index is 676. The van der Waals surface area contributed by atoms with Gasteiger partial charge in [0.1, 0.15) is 6.10 Å². The van der Waals surface area contributed by atoms with Crippen molar-refractivity contribution >= 4 is 10.9 Å². The van der Waals surface area contributed by atoms with Crippen molar-refractivity contribution in [3.8, 4) is 0 Å². The highest BCUT2D eigenvalue weighted by atomic mass is 16.5. The first-order valence-electron chi connectivity index (χ1n) is 8.42. The Morgan fingerprint density at radius 2 is 2.00 bits per heavy atom. The Balaban J connectivity index is 1.38. The van der Waals surface area contributed by atoms with Gasteiger partial charge in [-0.1, -0.05) is 12.1 Å². The first kappa shape index (κ1) is 15.1. The van der Waals surface area contributed by atoms with E-state index in [-0.39, 0.29) is 12.2 Å². The van der Waals surface area contributed by atoms with Gasteiger partial charge in [0.15, 0.2) is 0 Å². The van der Waals surface area contributed by atoms with Crippen LogP contribution in [-0.4, -0.2) is 57.6 Å². The molecule has 2 aliphatic rings. The number of nitrogens with zero attached hydrogens (tertiary/aromatic N) is 1. The third kappa shape index (κ3) is 3.02. The Kier molecular flexibility index (Phi) is 3.89. The van der Waals surface area contributed by atoms with Gasteiger partial charge in [0.05, 0.1) is 18.3 Å². The number of nitrogens with one attached hydrogen (secondary N) is 1. The molecule has 2 aliphatic heterocycles. The van der Waals surface area contributed by atoms with Crippen molar-refractivity contribution in [2.45, 2.75) is 43.6 Å². The topological polar surface area (TPSA) is 68.7 Å². The molecule has 4 rings (SSSR count). The van der Waals surface area contributed by atoms with E-state index >= 15 is 0 Å². The Morgan fingerprint density at radius 3 is 2.78 bits per heavy atom. The molecule has 0 unspecified atom stereocenters. The molecule has 5 heteroatoms. The summed E-state index contributed by atoms with van der Waals surface area (Å²) in [7, 11) is 0. The van der Waals surface area contributed by atoms with Crippen LogP contribution < -0.4 is 0 Å². The largest absolute Gasteiger partial charge is 0.390 e. The lowest BCUT2D eigenvalue weighted by Gasteiger charge is -2.46. The molecule has 0 radical (unpaired) electrons. The molecule has 0 bridgehead atoms. The smallest absolute Gasteiger partial charge is 0.103 e. The number of benzene rings is 1. The summed E-state index contributed by atoms with van der Waals surface area (Å²) in [5, 5.41) is 20.8. The summed E-state index contributed by atoms with van der Waals surface area (Å²) >= 11 is 0. The molecule has 5 nitrogen and oxygen atoms in total. The summed E-state index contributed by atoms with van der Waals surface area (Å²) in [6, 6.07) is 8.66. The number of piperidine rings is 1. The molecule has 1 aromatic heterocycles. The van der Waals surface area contributed by atoms with Crippen LogP contribution in [0.2, 0.25) is 0 Å². The van der Waals surface area contributed by atoms with E-state index in [1.54, 1.807) is 0 Å². The summed E-state index contributed by atoms with van der Waals surface area (Å²) in [5.41, 5.74) is 2.26. The van der Waals surface area contributed by atoms with E-state index in [9.17, 15) is 10.2 Å². The second kappa shape index (κ2) is 5.91. The maximum absolute atomic E-state index is 9.93. The minimum atomic E-state index is -0.730. The average molecular weight is 316 g/mol. The Labute approximate surface area is 135 Å². The predicted molar refractivity (Wildman–Crippen MR) is 88.1 cm³/mol. The third-order valence-corrected chi connectivity index (χ3v) is 5.38. The number of hydrogen-bond acceptors (Lipinski definition) is 4. The van der Waals surface area contributed by atoms with Gasteiger partial charge in [0.25, 0.3) is 0 Å². The molecule has 2 fully saturated rings. The number of aromatic nitrogens is 1. The predicted octanol–water partition coefficient (Wildman–Crippen LogP) is 1.64. The van der Waals surface area contributed by atoms with Gasteiger partial charge in [-0.25, -0.2) is 0 Å². The number of likely N-dealkylation sites (tertiary alicyclic amines) is 1. The molecular formula is C18H24N2O3. The molecule has 1 aromatic carbocycles. The van der Waals surface area contributed by atoms with Crippen molar-refractivity contribution in [3.05, 3.63) is 36.0 Å². The van der Waals surface area contributed by atoms with Crippen molar-refractivity contribution in [1.82, 2.24) is 9.88 Å². The first-order valence-corrected chi connectivity index (χ1v) is 8.42. The van der Waals surface area contributed by atoms with Crippen molar-refractivity contribution < 1.29 is 14.9 Å². The molecule has 2 atom stereocenters. The lowest BCUT2D eigenvalue weighted by molar-refractivity contribution is -0.188. The van der Waals surface area contributed by atoms with E-state index in [2.05, 4.69) is 34.1 Å². The third-order valence-electron chi connectivity index (χ3n) is 5.38. The molecule has 0 amide bonds. The molecule has 23 heavy (non-hydrogen) atoms.